The third kappa shape index (κ3) is 5.78. The molecule has 0 atom stereocenters. The maximum absolute atomic E-state index is 9.72. The van der Waals surface area contributed by atoms with Gasteiger partial charge in [-0.25, -0.2) is 0 Å². The van der Waals surface area contributed by atoms with Crippen molar-refractivity contribution in [3.63, 3.8) is 0 Å². The Morgan fingerprint density at radius 1 is 1.07 bits per heavy atom. The summed E-state index contributed by atoms with van der Waals surface area (Å²) in [7, 11) is 0. The van der Waals surface area contributed by atoms with Gasteiger partial charge in [0.15, 0.2) is 0 Å². The number of pyridine rings is 1. The average molecular weight is 369 g/mol. The number of aliphatic hydroxyl groups excluding tert-OH is 1. The normalized spacial score (nSPS) is 15.7. The molecular formula is C23H32N2O2. The SMILES string of the molecule is CCOc1ccc(CN(Cc2cccnc2)C2CCCCCC2)cc1CO. The molecule has 146 valence electrons. The van der Waals surface area contributed by atoms with Gasteiger partial charge in [-0.05, 0) is 49.1 Å². The van der Waals surface area contributed by atoms with E-state index in [1.807, 2.05) is 31.5 Å². The van der Waals surface area contributed by atoms with E-state index in [0.717, 1.165) is 24.4 Å². The van der Waals surface area contributed by atoms with Gasteiger partial charge in [0.1, 0.15) is 5.75 Å². The summed E-state index contributed by atoms with van der Waals surface area (Å²) in [4.78, 5) is 6.89. The van der Waals surface area contributed by atoms with E-state index in [-0.39, 0.29) is 6.61 Å². The van der Waals surface area contributed by atoms with E-state index < -0.39 is 0 Å². The smallest absolute Gasteiger partial charge is 0.124 e. The van der Waals surface area contributed by atoms with E-state index >= 15 is 0 Å². The van der Waals surface area contributed by atoms with Crippen molar-refractivity contribution >= 4 is 0 Å². The Morgan fingerprint density at radius 2 is 1.85 bits per heavy atom. The minimum atomic E-state index is 0.00913. The zero-order valence-electron chi connectivity index (χ0n) is 16.4. The second-order valence-electron chi connectivity index (χ2n) is 7.44. The predicted molar refractivity (Wildman–Crippen MR) is 109 cm³/mol. The summed E-state index contributed by atoms with van der Waals surface area (Å²) in [5.74, 6) is 0.789. The van der Waals surface area contributed by atoms with Crippen LogP contribution in [0.5, 0.6) is 5.75 Å². The Morgan fingerprint density at radius 3 is 2.52 bits per heavy atom. The number of aliphatic hydroxyl groups is 1. The maximum Gasteiger partial charge on any atom is 0.124 e. The molecular weight excluding hydrogens is 336 g/mol. The van der Waals surface area contributed by atoms with Crippen molar-refractivity contribution < 1.29 is 9.84 Å². The van der Waals surface area contributed by atoms with Crippen LogP contribution in [-0.2, 0) is 19.7 Å². The minimum Gasteiger partial charge on any atom is -0.494 e. The van der Waals surface area contributed by atoms with E-state index in [1.54, 1.807) is 0 Å². The molecule has 4 nitrogen and oxygen atoms in total. The van der Waals surface area contributed by atoms with Crippen LogP contribution in [0.1, 0.15) is 62.1 Å². The fraction of sp³-hybridized carbons (Fsp3) is 0.522. The highest BCUT2D eigenvalue weighted by Gasteiger charge is 2.21. The zero-order valence-corrected chi connectivity index (χ0v) is 16.4. The Balaban J connectivity index is 1.79. The van der Waals surface area contributed by atoms with E-state index in [2.05, 4.69) is 28.1 Å². The molecule has 0 radical (unpaired) electrons. The van der Waals surface area contributed by atoms with Crippen LogP contribution in [0.2, 0.25) is 0 Å². The molecule has 1 aliphatic rings. The molecule has 1 aromatic heterocycles. The number of rotatable bonds is 8. The molecule has 0 spiro atoms. The summed E-state index contributed by atoms with van der Waals surface area (Å²) in [5, 5.41) is 9.72. The molecule has 27 heavy (non-hydrogen) atoms. The average Bonchev–Trinajstić information content (AvgIpc) is 2.99. The van der Waals surface area contributed by atoms with Crippen molar-refractivity contribution in [3.05, 3.63) is 59.4 Å². The topological polar surface area (TPSA) is 45.6 Å². The van der Waals surface area contributed by atoms with E-state index in [1.165, 1.54) is 49.7 Å². The zero-order chi connectivity index (χ0) is 18.9. The number of hydrogen-bond acceptors (Lipinski definition) is 4. The van der Waals surface area contributed by atoms with Crippen molar-refractivity contribution in [1.29, 1.82) is 0 Å². The Hall–Kier alpha value is -1.91. The number of ether oxygens (including phenoxy) is 1. The van der Waals surface area contributed by atoms with Gasteiger partial charge in [-0.1, -0.05) is 37.8 Å². The summed E-state index contributed by atoms with van der Waals surface area (Å²) in [6.07, 6.45) is 11.7. The number of aromatic nitrogens is 1. The molecule has 1 heterocycles. The largest absolute Gasteiger partial charge is 0.494 e. The van der Waals surface area contributed by atoms with Crippen LogP contribution in [0.15, 0.2) is 42.7 Å². The molecule has 0 unspecified atom stereocenters. The van der Waals surface area contributed by atoms with Crippen LogP contribution in [-0.4, -0.2) is 27.6 Å². The molecule has 1 fully saturated rings. The van der Waals surface area contributed by atoms with Gasteiger partial charge in [0.05, 0.1) is 13.2 Å². The first-order chi connectivity index (χ1) is 13.3. The molecule has 2 aromatic rings. The van der Waals surface area contributed by atoms with Crippen LogP contribution in [0.4, 0.5) is 0 Å². The molecule has 1 aliphatic carbocycles. The van der Waals surface area contributed by atoms with Crippen LogP contribution < -0.4 is 4.74 Å². The maximum atomic E-state index is 9.72. The van der Waals surface area contributed by atoms with Gasteiger partial charge in [0.25, 0.3) is 0 Å². The highest BCUT2D eigenvalue weighted by Crippen LogP contribution is 2.27. The molecule has 4 heteroatoms. The van der Waals surface area contributed by atoms with E-state index in [4.69, 9.17) is 4.74 Å². The Labute approximate surface area is 163 Å². The molecule has 0 bridgehead atoms. The molecule has 1 N–H and O–H groups in total. The van der Waals surface area contributed by atoms with Crippen LogP contribution in [0.25, 0.3) is 0 Å². The number of benzene rings is 1. The summed E-state index contributed by atoms with van der Waals surface area (Å²) < 4.78 is 5.63. The Bertz CT molecular complexity index is 682. The minimum absolute atomic E-state index is 0.00913. The van der Waals surface area contributed by atoms with Crippen molar-refractivity contribution in [2.75, 3.05) is 6.61 Å². The van der Waals surface area contributed by atoms with Crippen molar-refractivity contribution in [1.82, 2.24) is 9.88 Å². The second kappa shape index (κ2) is 10.4. The Kier molecular flexibility index (Phi) is 7.66. The number of nitrogens with zero attached hydrogens (tertiary/aromatic N) is 2. The lowest BCUT2D eigenvalue weighted by Gasteiger charge is -2.31. The lowest BCUT2D eigenvalue weighted by atomic mass is 10.0. The van der Waals surface area contributed by atoms with Gasteiger partial charge in [-0.3, -0.25) is 9.88 Å². The van der Waals surface area contributed by atoms with Crippen molar-refractivity contribution in [2.45, 2.75) is 71.2 Å². The van der Waals surface area contributed by atoms with Crippen LogP contribution in [0, 0.1) is 0 Å². The standard InChI is InChI=1S/C23H32N2O2/c1-2-27-23-12-11-19(14-21(23)18-26)16-25(17-20-8-7-13-24-15-20)22-9-5-3-4-6-10-22/h7-8,11-15,22,26H,2-6,9-10,16-18H2,1H3. The molecule has 1 saturated carbocycles. The van der Waals surface area contributed by atoms with Gasteiger partial charge in [0, 0.05) is 37.1 Å². The fourth-order valence-corrected chi connectivity index (χ4v) is 4.05. The monoisotopic (exact) mass is 368 g/mol. The third-order valence-corrected chi connectivity index (χ3v) is 5.43. The lowest BCUT2D eigenvalue weighted by Crippen LogP contribution is -2.34. The van der Waals surface area contributed by atoms with Crippen molar-refractivity contribution in [2.24, 2.45) is 0 Å². The van der Waals surface area contributed by atoms with Crippen molar-refractivity contribution in [3.8, 4) is 5.75 Å². The van der Waals surface area contributed by atoms with Gasteiger partial charge >= 0.3 is 0 Å². The quantitative estimate of drug-likeness (QED) is 0.686. The molecule has 0 aliphatic heterocycles. The van der Waals surface area contributed by atoms with E-state index in [9.17, 15) is 5.11 Å². The fourth-order valence-electron chi connectivity index (χ4n) is 4.05. The third-order valence-electron chi connectivity index (χ3n) is 5.43. The lowest BCUT2D eigenvalue weighted by molar-refractivity contribution is 0.161. The summed E-state index contributed by atoms with van der Waals surface area (Å²) in [5.41, 5.74) is 3.36. The first-order valence-corrected chi connectivity index (χ1v) is 10.3. The van der Waals surface area contributed by atoms with Gasteiger partial charge < -0.3 is 9.84 Å². The summed E-state index contributed by atoms with van der Waals surface area (Å²) in [6, 6.07) is 11.0. The van der Waals surface area contributed by atoms with Gasteiger partial charge in [-0.15, -0.1) is 0 Å². The molecule has 3 rings (SSSR count). The predicted octanol–water partition coefficient (Wildman–Crippen LogP) is 4.70. The first kappa shape index (κ1) is 19.8. The van der Waals surface area contributed by atoms with Gasteiger partial charge in [-0.2, -0.15) is 0 Å². The first-order valence-electron chi connectivity index (χ1n) is 10.3. The van der Waals surface area contributed by atoms with Crippen LogP contribution >= 0.6 is 0 Å². The molecule has 0 saturated heterocycles. The van der Waals surface area contributed by atoms with Crippen LogP contribution in [0.3, 0.4) is 0 Å². The molecule has 1 aromatic carbocycles. The number of hydrogen-bond donors (Lipinski definition) is 1. The second-order valence-corrected chi connectivity index (χ2v) is 7.44. The van der Waals surface area contributed by atoms with E-state index in [0.29, 0.717) is 12.6 Å². The van der Waals surface area contributed by atoms with Gasteiger partial charge in [0.2, 0.25) is 0 Å². The summed E-state index contributed by atoms with van der Waals surface area (Å²) >= 11 is 0. The highest BCUT2D eigenvalue weighted by molar-refractivity contribution is 5.37. The highest BCUT2D eigenvalue weighted by atomic mass is 16.5. The summed E-state index contributed by atoms with van der Waals surface area (Å²) in [6.45, 7) is 4.40. The molecule has 0 amide bonds.